The Hall–Kier alpha value is -4.09. The number of ketones is 1. The highest BCUT2D eigenvalue weighted by Gasteiger charge is 2.25. The Morgan fingerprint density at radius 2 is 1.82 bits per heavy atom. The lowest BCUT2D eigenvalue weighted by molar-refractivity contribution is -0.136. The second kappa shape index (κ2) is 11.3. The number of carbonyl (C=O) groups is 2. The minimum atomic E-state index is -3.57. The zero-order valence-electron chi connectivity index (χ0n) is 21.0. The maximum atomic E-state index is 14.2. The van der Waals surface area contributed by atoms with Gasteiger partial charge in [-0.3, -0.25) is 14.9 Å². The van der Waals surface area contributed by atoms with E-state index in [2.05, 4.69) is 5.32 Å². The molecular formula is C28H25F2NO7S. The number of hydrogen-bond donors (Lipinski definition) is 2. The van der Waals surface area contributed by atoms with Crippen molar-refractivity contribution in [3.05, 3.63) is 89.2 Å². The molecule has 0 aliphatic carbocycles. The van der Waals surface area contributed by atoms with Crippen molar-refractivity contribution in [3.8, 4) is 16.9 Å². The third kappa shape index (κ3) is 6.68. The van der Waals surface area contributed by atoms with Gasteiger partial charge < -0.3 is 14.3 Å². The van der Waals surface area contributed by atoms with E-state index in [4.69, 9.17) is 14.3 Å². The molecule has 4 aromatic rings. The van der Waals surface area contributed by atoms with Gasteiger partial charge in [0.2, 0.25) is 0 Å². The zero-order valence-corrected chi connectivity index (χ0v) is 21.8. The van der Waals surface area contributed by atoms with E-state index in [-0.39, 0.29) is 23.1 Å². The summed E-state index contributed by atoms with van der Waals surface area (Å²) in [4.78, 5) is 23.9. The monoisotopic (exact) mass is 557 g/mol. The predicted octanol–water partition coefficient (Wildman–Crippen LogP) is 4.54. The van der Waals surface area contributed by atoms with Crippen LogP contribution >= 0.6 is 0 Å². The summed E-state index contributed by atoms with van der Waals surface area (Å²) in [6.45, 7) is 1.14. The number of carbonyl (C=O) groups excluding carboxylic acids is 1. The molecule has 3 aromatic carbocycles. The molecule has 11 heteroatoms. The molecule has 0 bridgehead atoms. The summed E-state index contributed by atoms with van der Waals surface area (Å²) in [5.41, 5.74) is 2.55. The van der Waals surface area contributed by atoms with E-state index in [1.165, 1.54) is 12.3 Å². The predicted molar refractivity (Wildman–Crippen MR) is 141 cm³/mol. The highest BCUT2D eigenvalue weighted by Crippen LogP contribution is 2.35. The Bertz CT molecular complexity index is 1650. The van der Waals surface area contributed by atoms with Crippen LogP contribution in [0.15, 0.2) is 65.3 Å². The van der Waals surface area contributed by atoms with Gasteiger partial charge in [-0.2, -0.15) is 0 Å². The van der Waals surface area contributed by atoms with Crippen molar-refractivity contribution in [1.82, 2.24) is 5.32 Å². The van der Waals surface area contributed by atoms with Crippen molar-refractivity contribution in [1.29, 1.82) is 0 Å². The Kier molecular flexibility index (Phi) is 8.12. The van der Waals surface area contributed by atoms with Crippen LogP contribution in [-0.4, -0.2) is 49.9 Å². The van der Waals surface area contributed by atoms with Crippen LogP contribution in [0, 0.1) is 18.6 Å². The summed E-state index contributed by atoms with van der Waals surface area (Å²) in [5.74, 6) is -3.78. The first-order valence-electron chi connectivity index (χ1n) is 11.8. The van der Waals surface area contributed by atoms with Crippen LogP contribution in [-0.2, 0) is 21.2 Å². The summed E-state index contributed by atoms with van der Waals surface area (Å²) in [5, 5.41) is 11.5. The first-order chi connectivity index (χ1) is 18.4. The molecule has 39 heavy (non-hydrogen) atoms. The van der Waals surface area contributed by atoms with E-state index in [0.717, 1.165) is 12.3 Å². The standard InChI is InChI=1S/C28H25F2NO7S/c1-16-13-38-28-21(11-22(29)26(30)25(16)28)18-6-8-20(9-7-18)37-14-17-4-3-5-19(10-17)27(34)23(15-39(2,35)36)31-12-24(32)33/h3-11,13,23,31H,12,14-15H2,1-2H3,(H,32,33). The number of hydrogen-bond acceptors (Lipinski definition) is 7. The van der Waals surface area contributed by atoms with E-state index in [1.807, 2.05) is 0 Å². The van der Waals surface area contributed by atoms with Crippen molar-refractivity contribution in [2.45, 2.75) is 19.6 Å². The molecular weight excluding hydrogens is 532 g/mol. The quantitative estimate of drug-likeness (QED) is 0.258. The van der Waals surface area contributed by atoms with Crippen molar-refractivity contribution in [3.63, 3.8) is 0 Å². The smallest absolute Gasteiger partial charge is 0.317 e. The molecule has 2 N–H and O–H groups in total. The van der Waals surface area contributed by atoms with Gasteiger partial charge in [-0.25, -0.2) is 17.2 Å². The number of carboxylic acids is 1. The van der Waals surface area contributed by atoms with Crippen molar-refractivity contribution >= 4 is 32.6 Å². The first-order valence-corrected chi connectivity index (χ1v) is 13.8. The second-order valence-electron chi connectivity index (χ2n) is 9.14. The number of fused-ring (bicyclic) bond motifs is 1. The van der Waals surface area contributed by atoms with Crippen molar-refractivity contribution in [2.24, 2.45) is 0 Å². The largest absolute Gasteiger partial charge is 0.489 e. The molecule has 0 aliphatic rings. The first kappa shape index (κ1) is 27.9. The number of aryl methyl sites for hydroxylation is 1. The van der Waals surface area contributed by atoms with Crippen LogP contribution in [0.4, 0.5) is 8.78 Å². The van der Waals surface area contributed by atoms with E-state index in [9.17, 15) is 26.8 Å². The lowest BCUT2D eigenvalue weighted by Gasteiger charge is -2.16. The number of carboxylic acid groups (broad SMARTS) is 1. The molecule has 0 spiro atoms. The molecule has 1 heterocycles. The number of rotatable bonds is 11. The number of benzene rings is 3. The molecule has 0 saturated heterocycles. The normalized spacial score (nSPS) is 12.4. The maximum Gasteiger partial charge on any atom is 0.317 e. The van der Waals surface area contributed by atoms with Crippen LogP contribution in [0.25, 0.3) is 22.1 Å². The Morgan fingerprint density at radius 3 is 2.49 bits per heavy atom. The Morgan fingerprint density at radius 1 is 1.10 bits per heavy atom. The number of sulfone groups is 1. The number of furan rings is 1. The molecule has 204 valence electrons. The fourth-order valence-corrected chi connectivity index (χ4v) is 5.03. The second-order valence-corrected chi connectivity index (χ2v) is 11.3. The summed E-state index contributed by atoms with van der Waals surface area (Å²) in [6, 6.07) is 12.9. The third-order valence-electron chi connectivity index (χ3n) is 5.99. The molecule has 1 aromatic heterocycles. The van der Waals surface area contributed by atoms with Gasteiger partial charge in [0, 0.05) is 17.4 Å². The van der Waals surface area contributed by atoms with Crippen molar-refractivity contribution < 1.29 is 41.0 Å². The van der Waals surface area contributed by atoms with Crippen molar-refractivity contribution in [2.75, 3.05) is 18.6 Å². The van der Waals surface area contributed by atoms with Crippen LogP contribution in [0.1, 0.15) is 21.5 Å². The molecule has 0 aliphatic heterocycles. The molecule has 1 unspecified atom stereocenters. The van der Waals surface area contributed by atoms with Crippen LogP contribution in [0.3, 0.4) is 0 Å². The summed E-state index contributed by atoms with van der Waals surface area (Å²) in [7, 11) is -3.57. The van der Waals surface area contributed by atoms with E-state index >= 15 is 0 Å². The van der Waals surface area contributed by atoms with Gasteiger partial charge in [0.1, 0.15) is 27.8 Å². The number of nitrogens with one attached hydrogen (secondary N) is 1. The number of aliphatic carboxylic acids is 1. The molecule has 4 rings (SSSR count). The lowest BCUT2D eigenvalue weighted by atomic mass is 10.0. The van der Waals surface area contributed by atoms with E-state index in [1.54, 1.807) is 49.4 Å². The van der Waals surface area contributed by atoms with Gasteiger partial charge >= 0.3 is 5.97 Å². The van der Waals surface area contributed by atoms with Gasteiger partial charge in [0.05, 0.1) is 30.0 Å². The molecule has 0 radical (unpaired) electrons. The molecule has 8 nitrogen and oxygen atoms in total. The number of ether oxygens (including phenoxy) is 1. The van der Waals surface area contributed by atoms with Crippen LogP contribution < -0.4 is 10.1 Å². The Balaban J connectivity index is 1.48. The summed E-state index contributed by atoms with van der Waals surface area (Å²) >= 11 is 0. The number of halogens is 2. The lowest BCUT2D eigenvalue weighted by Crippen LogP contribution is -2.44. The topological polar surface area (TPSA) is 123 Å². The molecule has 0 amide bonds. The summed E-state index contributed by atoms with van der Waals surface area (Å²) < 4.78 is 63.3. The molecule has 1 atom stereocenters. The fraction of sp³-hybridized carbons (Fsp3) is 0.214. The van der Waals surface area contributed by atoms with Crippen LogP contribution in [0.2, 0.25) is 0 Å². The third-order valence-corrected chi connectivity index (χ3v) is 6.93. The highest BCUT2D eigenvalue weighted by atomic mass is 32.2. The fourth-order valence-electron chi connectivity index (χ4n) is 4.16. The van der Waals surface area contributed by atoms with E-state index in [0.29, 0.717) is 28.0 Å². The van der Waals surface area contributed by atoms with Gasteiger partial charge in [0.15, 0.2) is 17.4 Å². The average Bonchev–Trinajstić information content (AvgIpc) is 3.28. The minimum Gasteiger partial charge on any atom is -0.489 e. The van der Waals surface area contributed by atoms with Crippen LogP contribution in [0.5, 0.6) is 5.75 Å². The maximum absolute atomic E-state index is 14.2. The molecule has 0 saturated carbocycles. The Labute approximate surface area is 223 Å². The zero-order chi connectivity index (χ0) is 28.3. The van der Waals surface area contributed by atoms with Gasteiger partial charge in [-0.15, -0.1) is 0 Å². The minimum absolute atomic E-state index is 0.0760. The van der Waals surface area contributed by atoms with Gasteiger partial charge in [-0.05, 0) is 47.9 Å². The highest BCUT2D eigenvalue weighted by molar-refractivity contribution is 7.90. The number of Topliss-reactive ketones (excluding diaryl/α,β-unsaturated/α-hetero) is 1. The average molecular weight is 558 g/mol. The van der Waals surface area contributed by atoms with E-state index < -0.39 is 51.6 Å². The van der Waals surface area contributed by atoms with Gasteiger partial charge in [0.25, 0.3) is 0 Å². The summed E-state index contributed by atoms with van der Waals surface area (Å²) in [6.07, 6.45) is 2.34. The van der Waals surface area contributed by atoms with Gasteiger partial charge in [-0.1, -0.05) is 30.3 Å². The molecule has 0 fully saturated rings. The SMILES string of the molecule is Cc1coc2c(-c3ccc(OCc4cccc(C(=O)C(CS(C)(=O)=O)NCC(=O)O)c4)cc3)cc(F)c(F)c12.